The number of aryl methyl sites for hydroxylation is 1. The Kier molecular flexibility index (Phi) is 5.79. The summed E-state index contributed by atoms with van der Waals surface area (Å²) in [5, 5.41) is 2.55. The highest BCUT2D eigenvalue weighted by atomic mass is 15.3. The van der Waals surface area contributed by atoms with Gasteiger partial charge in [0.2, 0.25) is 0 Å². The van der Waals surface area contributed by atoms with Gasteiger partial charge in [0.05, 0.1) is 5.69 Å². The zero-order valence-corrected chi connectivity index (χ0v) is 17.4. The molecule has 0 bridgehead atoms. The Labute approximate surface area is 168 Å². The second-order valence-corrected chi connectivity index (χ2v) is 7.77. The van der Waals surface area contributed by atoms with Crippen LogP contribution in [0.15, 0.2) is 48.7 Å². The monoisotopic (exact) mass is 376 g/mol. The molecule has 28 heavy (non-hydrogen) atoms. The molecule has 3 aromatic rings. The maximum atomic E-state index is 5.08. The van der Waals surface area contributed by atoms with Gasteiger partial charge in [-0.1, -0.05) is 56.3 Å². The Hall–Kier alpha value is -2.17. The summed E-state index contributed by atoms with van der Waals surface area (Å²) in [7, 11) is 0. The average molecular weight is 377 g/mol. The standard InChI is InChI=1S/C24H32N4/c1-4-27(5-2)21-14-15-26(18-21)16-20-17-28(6-3)24(25-20)23-13-9-11-19-10-7-8-12-22(19)23/h7-13,17,21H,4-6,14-16,18H2,1-3H3. The lowest BCUT2D eigenvalue weighted by Gasteiger charge is -2.26. The molecule has 1 aromatic heterocycles. The van der Waals surface area contributed by atoms with Gasteiger partial charge >= 0.3 is 0 Å². The molecule has 2 aromatic carbocycles. The van der Waals surface area contributed by atoms with E-state index in [1.165, 1.54) is 35.0 Å². The molecule has 4 nitrogen and oxygen atoms in total. The van der Waals surface area contributed by atoms with Crippen LogP contribution >= 0.6 is 0 Å². The summed E-state index contributed by atoms with van der Waals surface area (Å²) in [4.78, 5) is 10.2. The number of nitrogens with zero attached hydrogens (tertiary/aromatic N) is 4. The fourth-order valence-corrected chi connectivity index (χ4v) is 4.65. The fourth-order valence-electron chi connectivity index (χ4n) is 4.65. The van der Waals surface area contributed by atoms with Gasteiger partial charge in [0.25, 0.3) is 0 Å². The molecular formula is C24H32N4. The van der Waals surface area contributed by atoms with Crippen LogP contribution in [-0.2, 0) is 13.1 Å². The van der Waals surface area contributed by atoms with Crippen molar-refractivity contribution in [2.45, 2.75) is 46.3 Å². The molecule has 0 spiro atoms. The Morgan fingerprint density at radius 1 is 1.04 bits per heavy atom. The van der Waals surface area contributed by atoms with Crippen LogP contribution in [0.4, 0.5) is 0 Å². The number of imidazole rings is 1. The van der Waals surface area contributed by atoms with Crippen LogP contribution in [0.1, 0.15) is 32.9 Å². The Morgan fingerprint density at radius 2 is 1.82 bits per heavy atom. The van der Waals surface area contributed by atoms with Crippen molar-refractivity contribution in [1.82, 2.24) is 19.4 Å². The smallest absolute Gasteiger partial charge is 0.140 e. The lowest BCUT2D eigenvalue weighted by Crippen LogP contribution is -2.37. The number of benzene rings is 2. The molecule has 0 aliphatic carbocycles. The first-order chi connectivity index (χ1) is 13.7. The number of aromatic nitrogens is 2. The van der Waals surface area contributed by atoms with E-state index < -0.39 is 0 Å². The van der Waals surface area contributed by atoms with Crippen LogP contribution in [-0.4, -0.2) is 51.6 Å². The van der Waals surface area contributed by atoms with Crippen molar-refractivity contribution in [1.29, 1.82) is 0 Å². The van der Waals surface area contributed by atoms with Crippen LogP contribution in [0.3, 0.4) is 0 Å². The predicted molar refractivity (Wildman–Crippen MR) is 117 cm³/mol. The molecule has 1 atom stereocenters. The quantitative estimate of drug-likeness (QED) is 0.600. The Balaban J connectivity index is 1.57. The molecular weight excluding hydrogens is 344 g/mol. The summed E-state index contributed by atoms with van der Waals surface area (Å²) in [6.45, 7) is 13.2. The summed E-state index contributed by atoms with van der Waals surface area (Å²) in [5.41, 5.74) is 2.42. The van der Waals surface area contributed by atoms with Crippen molar-refractivity contribution in [3.8, 4) is 11.4 Å². The van der Waals surface area contributed by atoms with Gasteiger partial charge in [0.15, 0.2) is 0 Å². The van der Waals surface area contributed by atoms with E-state index in [2.05, 4.69) is 83.8 Å². The molecule has 0 saturated carbocycles. The lowest BCUT2D eigenvalue weighted by molar-refractivity contribution is 0.208. The summed E-state index contributed by atoms with van der Waals surface area (Å²) in [6, 6.07) is 15.8. The number of likely N-dealkylation sites (N-methyl/N-ethyl adjacent to an activating group) is 1. The molecule has 4 heteroatoms. The van der Waals surface area contributed by atoms with E-state index in [9.17, 15) is 0 Å². The minimum atomic E-state index is 0.695. The normalized spacial score (nSPS) is 17.8. The molecule has 1 aliphatic heterocycles. The first-order valence-electron chi connectivity index (χ1n) is 10.7. The van der Waals surface area contributed by atoms with Gasteiger partial charge in [-0.05, 0) is 37.2 Å². The number of rotatable bonds is 7. The first-order valence-corrected chi connectivity index (χ1v) is 10.7. The van der Waals surface area contributed by atoms with Gasteiger partial charge in [0.1, 0.15) is 5.82 Å². The Bertz CT molecular complexity index is 920. The number of fused-ring (bicyclic) bond motifs is 1. The van der Waals surface area contributed by atoms with E-state index in [1.807, 2.05) is 0 Å². The van der Waals surface area contributed by atoms with Crippen molar-refractivity contribution < 1.29 is 0 Å². The first kappa shape index (κ1) is 19.2. The fraction of sp³-hybridized carbons (Fsp3) is 0.458. The second kappa shape index (κ2) is 8.46. The second-order valence-electron chi connectivity index (χ2n) is 7.77. The summed E-state index contributed by atoms with van der Waals surface area (Å²) >= 11 is 0. The molecule has 0 radical (unpaired) electrons. The van der Waals surface area contributed by atoms with Gasteiger partial charge in [-0.3, -0.25) is 9.80 Å². The number of hydrogen-bond acceptors (Lipinski definition) is 3. The minimum absolute atomic E-state index is 0.695. The molecule has 1 unspecified atom stereocenters. The van der Waals surface area contributed by atoms with Crippen LogP contribution in [0, 0.1) is 0 Å². The third kappa shape index (κ3) is 3.71. The van der Waals surface area contributed by atoms with Crippen molar-refractivity contribution in [3.63, 3.8) is 0 Å². The van der Waals surface area contributed by atoms with E-state index >= 15 is 0 Å². The number of likely N-dealkylation sites (tertiary alicyclic amines) is 1. The maximum absolute atomic E-state index is 5.08. The maximum Gasteiger partial charge on any atom is 0.140 e. The van der Waals surface area contributed by atoms with Crippen molar-refractivity contribution >= 4 is 10.8 Å². The molecule has 1 aliphatic rings. The molecule has 2 heterocycles. The zero-order valence-electron chi connectivity index (χ0n) is 17.4. The molecule has 1 saturated heterocycles. The van der Waals surface area contributed by atoms with Gasteiger partial charge in [-0.15, -0.1) is 0 Å². The predicted octanol–water partition coefficient (Wildman–Crippen LogP) is 4.64. The largest absolute Gasteiger partial charge is 0.331 e. The third-order valence-corrected chi connectivity index (χ3v) is 6.16. The summed E-state index contributed by atoms with van der Waals surface area (Å²) in [5.74, 6) is 1.09. The third-order valence-electron chi connectivity index (χ3n) is 6.16. The zero-order chi connectivity index (χ0) is 19.5. The molecule has 0 amide bonds. The van der Waals surface area contributed by atoms with Gasteiger partial charge in [-0.2, -0.15) is 0 Å². The molecule has 4 rings (SSSR count). The highest BCUT2D eigenvalue weighted by molar-refractivity contribution is 5.95. The van der Waals surface area contributed by atoms with E-state index in [1.54, 1.807) is 0 Å². The number of hydrogen-bond donors (Lipinski definition) is 0. The highest BCUT2D eigenvalue weighted by Gasteiger charge is 2.26. The van der Waals surface area contributed by atoms with Gasteiger partial charge < -0.3 is 4.57 Å². The van der Waals surface area contributed by atoms with Crippen molar-refractivity contribution in [2.24, 2.45) is 0 Å². The minimum Gasteiger partial charge on any atom is -0.331 e. The van der Waals surface area contributed by atoms with Crippen LogP contribution in [0.5, 0.6) is 0 Å². The summed E-state index contributed by atoms with van der Waals surface area (Å²) < 4.78 is 2.30. The SMILES string of the molecule is CCN(CC)C1CCN(Cc2cn(CC)c(-c3cccc4ccccc34)n2)C1. The molecule has 148 valence electrons. The van der Waals surface area contributed by atoms with Crippen LogP contribution in [0.25, 0.3) is 22.2 Å². The van der Waals surface area contributed by atoms with Crippen LogP contribution in [0.2, 0.25) is 0 Å². The van der Waals surface area contributed by atoms with Crippen molar-refractivity contribution in [2.75, 3.05) is 26.2 Å². The van der Waals surface area contributed by atoms with Crippen LogP contribution < -0.4 is 0 Å². The van der Waals surface area contributed by atoms with E-state index in [0.29, 0.717) is 6.04 Å². The van der Waals surface area contributed by atoms with E-state index in [0.717, 1.165) is 38.5 Å². The van der Waals surface area contributed by atoms with Gasteiger partial charge in [-0.25, -0.2) is 4.98 Å². The average Bonchev–Trinajstić information content (AvgIpc) is 3.36. The Morgan fingerprint density at radius 3 is 2.61 bits per heavy atom. The molecule has 0 N–H and O–H groups in total. The topological polar surface area (TPSA) is 24.3 Å². The van der Waals surface area contributed by atoms with Gasteiger partial charge in [0, 0.05) is 44.0 Å². The molecule has 1 fully saturated rings. The van der Waals surface area contributed by atoms with Crippen molar-refractivity contribution in [3.05, 3.63) is 54.4 Å². The lowest BCUT2D eigenvalue weighted by atomic mass is 10.0. The summed E-state index contributed by atoms with van der Waals surface area (Å²) in [6.07, 6.45) is 3.52. The van der Waals surface area contributed by atoms with E-state index in [-0.39, 0.29) is 0 Å². The highest BCUT2D eigenvalue weighted by Crippen LogP contribution is 2.29. The van der Waals surface area contributed by atoms with E-state index in [4.69, 9.17) is 4.98 Å².